The molecule has 8 nitrogen and oxygen atoms in total. The lowest BCUT2D eigenvalue weighted by atomic mass is 10.2. The largest absolute Gasteiger partial charge is 0.436 e. The number of carbonyl (C=O) groups excluding carboxylic acids is 1. The van der Waals surface area contributed by atoms with Crippen LogP contribution >= 0.6 is 34.8 Å². The van der Waals surface area contributed by atoms with Crippen molar-refractivity contribution in [2.45, 2.75) is 17.7 Å². The number of hydrogen-bond acceptors (Lipinski definition) is 6. The van der Waals surface area contributed by atoms with E-state index >= 15 is 0 Å². The first-order chi connectivity index (χ1) is 17.2. The summed E-state index contributed by atoms with van der Waals surface area (Å²) in [5.41, 5.74) is 0.270. The van der Waals surface area contributed by atoms with E-state index in [0.29, 0.717) is 6.54 Å². The highest BCUT2D eigenvalue weighted by Gasteiger charge is 2.21. The summed E-state index contributed by atoms with van der Waals surface area (Å²) in [6, 6.07) is 11.9. The third-order valence-corrected chi connectivity index (χ3v) is 7.82. The summed E-state index contributed by atoms with van der Waals surface area (Å²) < 4.78 is 34.3. The van der Waals surface area contributed by atoms with E-state index in [4.69, 9.17) is 39.5 Å². The van der Waals surface area contributed by atoms with E-state index in [1.165, 1.54) is 43.3 Å². The number of carbonyl (C=O) groups is 1. The number of ether oxygens (including phenoxy) is 1. The molecule has 2 N–H and O–H groups in total. The third kappa shape index (κ3) is 6.60. The molecule has 0 aliphatic carbocycles. The second-order valence-corrected chi connectivity index (χ2v) is 11.0. The molecule has 1 aliphatic rings. The zero-order valence-corrected chi connectivity index (χ0v) is 22.1. The highest BCUT2D eigenvalue weighted by Crippen LogP contribution is 2.33. The van der Waals surface area contributed by atoms with Gasteiger partial charge in [0.2, 0.25) is 5.88 Å². The van der Waals surface area contributed by atoms with Crippen LogP contribution in [0.5, 0.6) is 11.6 Å². The van der Waals surface area contributed by atoms with Gasteiger partial charge in [0.05, 0.1) is 25.5 Å². The second-order valence-electron chi connectivity index (χ2n) is 8.09. The van der Waals surface area contributed by atoms with Gasteiger partial charge in [-0.3, -0.25) is 9.52 Å². The highest BCUT2D eigenvalue weighted by molar-refractivity contribution is 7.92. The minimum atomic E-state index is -4.09. The number of sulfonamides is 1. The fourth-order valence-electron chi connectivity index (χ4n) is 3.71. The fraction of sp³-hybridized carbons (Fsp3) is 0.250. The molecule has 1 aliphatic heterocycles. The summed E-state index contributed by atoms with van der Waals surface area (Å²) in [6.45, 7) is 3.35. The SMILES string of the molecule is O=C(NCCN1CCCC1)c1ccccc1Oc1ncc(Cl)cc1NS(=O)(=O)c1ccc(Cl)c(Cl)c1. The third-order valence-electron chi connectivity index (χ3n) is 5.51. The first-order valence-corrected chi connectivity index (χ1v) is 13.8. The number of nitrogens with zero attached hydrogens (tertiary/aromatic N) is 2. The Kier molecular flexibility index (Phi) is 8.58. The molecule has 0 saturated carbocycles. The maximum absolute atomic E-state index is 13.0. The van der Waals surface area contributed by atoms with Crippen molar-refractivity contribution in [3.8, 4) is 11.6 Å². The molecule has 2 heterocycles. The van der Waals surface area contributed by atoms with Crippen LogP contribution < -0.4 is 14.8 Å². The van der Waals surface area contributed by atoms with Crippen molar-refractivity contribution in [1.29, 1.82) is 0 Å². The summed E-state index contributed by atoms with van der Waals surface area (Å²) in [6.07, 6.45) is 3.66. The Morgan fingerprint density at radius 2 is 1.78 bits per heavy atom. The molecule has 1 saturated heterocycles. The molecule has 0 unspecified atom stereocenters. The summed E-state index contributed by atoms with van der Waals surface area (Å²) in [5.74, 6) is -0.182. The smallest absolute Gasteiger partial charge is 0.262 e. The number of halogens is 3. The summed E-state index contributed by atoms with van der Waals surface area (Å²) in [4.78, 5) is 19.2. The van der Waals surface area contributed by atoms with Gasteiger partial charge in [-0.25, -0.2) is 13.4 Å². The topological polar surface area (TPSA) is 101 Å². The number of rotatable bonds is 9. The fourth-order valence-corrected chi connectivity index (χ4v) is 5.30. The van der Waals surface area contributed by atoms with E-state index in [1.54, 1.807) is 24.3 Å². The van der Waals surface area contributed by atoms with Gasteiger partial charge in [0.1, 0.15) is 11.4 Å². The van der Waals surface area contributed by atoms with Crippen molar-refractivity contribution in [3.05, 3.63) is 75.4 Å². The molecular weight excluding hydrogens is 547 g/mol. The van der Waals surface area contributed by atoms with Crippen LogP contribution in [0.3, 0.4) is 0 Å². The average molecular weight is 570 g/mol. The zero-order valence-electron chi connectivity index (χ0n) is 19.0. The van der Waals surface area contributed by atoms with E-state index in [-0.39, 0.29) is 48.8 Å². The maximum Gasteiger partial charge on any atom is 0.262 e. The van der Waals surface area contributed by atoms with Crippen molar-refractivity contribution in [1.82, 2.24) is 15.2 Å². The Balaban J connectivity index is 1.54. The van der Waals surface area contributed by atoms with Crippen LogP contribution in [0, 0.1) is 0 Å². The Hall–Kier alpha value is -2.56. The van der Waals surface area contributed by atoms with Gasteiger partial charge in [-0.1, -0.05) is 46.9 Å². The van der Waals surface area contributed by atoms with E-state index in [2.05, 4.69) is 19.9 Å². The molecular formula is C24H23Cl3N4O4S. The van der Waals surface area contributed by atoms with Crippen molar-refractivity contribution < 1.29 is 17.9 Å². The van der Waals surface area contributed by atoms with E-state index in [0.717, 1.165) is 19.6 Å². The highest BCUT2D eigenvalue weighted by atomic mass is 35.5. The Labute approximate surface area is 224 Å². The van der Waals surface area contributed by atoms with Gasteiger partial charge in [0.15, 0.2) is 0 Å². The predicted molar refractivity (Wildman–Crippen MR) is 141 cm³/mol. The lowest BCUT2D eigenvalue weighted by Gasteiger charge is -2.16. The Bertz CT molecular complexity index is 1370. The summed E-state index contributed by atoms with van der Waals surface area (Å²) >= 11 is 18.0. The van der Waals surface area contributed by atoms with Crippen LogP contribution in [0.4, 0.5) is 5.69 Å². The lowest BCUT2D eigenvalue weighted by molar-refractivity contribution is 0.0947. The van der Waals surface area contributed by atoms with Crippen LogP contribution in [-0.2, 0) is 10.0 Å². The number of anilines is 1. The first-order valence-electron chi connectivity index (χ1n) is 11.1. The zero-order chi connectivity index (χ0) is 25.7. The van der Waals surface area contributed by atoms with E-state index in [1.807, 2.05) is 0 Å². The molecule has 0 bridgehead atoms. The number of hydrogen-bond donors (Lipinski definition) is 2. The summed E-state index contributed by atoms with van der Waals surface area (Å²) in [5, 5.41) is 3.40. The van der Waals surface area contributed by atoms with Crippen LogP contribution in [0.2, 0.25) is 15.1 Å². The average Bonchev–Trinajstić information content (AvgIpc) is 3.36. The van der Waals surface area contributed by atoms with Crippen LogP contribution in [0.1, 0.15) is 23.2 Å². The van der Waals surface area contributed by atoms with E-state index < -0.39 is 10.0 Å². The van der Waals surface area contributed by atoms with Gasteiger partial charge in [0.25, 0.3) is 15.9 Å². The van der Waals surface area contributed by atoms with Gasteiger partial charge in [-0.2, -0.15) is 0 Å². The molecule has 0 radical (unpaired) electrons. The lowest BCUT2D eigenvalue weighted by Crippen LogP contribution is -2.33. The molecule has 0 spiro atoms. The molecule has 36 heavy (non-hydrogen) atoms. The van der Waals surface area contributed by atoms with Gasteiger partial charge in [0, 0.05) is 19.3 Å². The first kappa shape index (κ1) is 26.5. The summed E-state index contributed by atoms with van der Waals surface area (Å²) in [7, 11) is -4.09. The number of nitrogens with one attached hydrogen (secondary N) is 2. The molecule has 1 aromatic heterocycles. The van der Waals surface area contributed by atoms with Crippen LogP contribution in [0.15, 0.2) is 59.6 Å². The van der Waals surface area contributed by atoms with Crippen molar-refractivity contribution in [3.63, 3.8) is 0 Å². The molecule has 3 aromatic rings. The van der Waals surface area contributed by atoms with Crippen molar-refractivity contribution in [2.75, 3.05) is 30.9 Å². The van der Waals surface area contributed by atoms with Crippen molar-refractivity contribution in [2.24, 2.45) is 0 Å². The predicted octanol–water partition coefficient (Wildman–Crippen LogP) is 5.46. The van der Waals surface area contributed by atoms with Crippen LogP contribution in [-0.4, -0.2) is 50.4 Å². The maximum atomic E-state index is 13.0. The molecule has 0 atom stereocenters. The number of amides is 1. The number of benzene rings is 2. The van der Waals surface area contributed by atoms with E-state index in [9.17, 15) is 13.2 Å². The number of pyridine rings is 1. The minimum Gasteiger partial charge on any atom is -0.436 e. The molecule has 1 fully saturated rings. The number of para-hydroxylation sites is 1. The molecule has 1 amide bonds. The second kappa shape index (κ2) is 11.7. The number of aromatic nitrogens is 1. The quantitative estimate of drug-likeness (QED) is 0.355. The molecule has 190 valence electrons. The monoisotopic (exact) mass is 568 g/mol. The minimum absolute atomic E-state index is 0.0159. The van der Waals surface area contributed by atoms with Gasteiger partial charge >= 0.3 is 0 Å². The van der Waals surface area contributed by atoms with Crippen molar-refractivity contribution >= 4 is 56.4 Å². The molecule has 12 heteroatoms. The van der Waals surface area contributed by atoms with Gasteiger partial charge in [-0.15, -0.1) is 0 Å². The standard InChI is InChI=1S/C24H23Cl3N4O4S/c25-16-13-21(30-36(33,34)17-7-8-19(26)20(27)14-17)24(29-15-16)35-22-6-2-1-5-18(22)23(32)28-9-12-31-10-3-4-11-31/h1-2,5-8,13-15,30H,3-4,9-12H2,(H,28,32). The number of likely N-dealkylation sites (tertiary alicyclic amines) is 1. The van der Waals surface area contributed by atoms with Crippen LogP contribution in [0.25, 0.3) is 0 Å². The normalized spacial score (nSPS) is 14.0. The molecule has 4 rings (SSSR count). The van der Waals surface area contributed by atoms with Gasteiger partial charge < -0.3 is 15.0 Å². The Morgan fingerprint density at radius 3 is 2.53 bits per heavy atom. The Morgan fingerprint density at radius 1 is 1.03 bits per heavy atom. The molecule has 2 aromatic carbocycles. The van der Waals surface area contributed by atoms with Gasteiger partial charge in [-0.05, 0) is 62.3 Å².